The van der Waals surface area contributed by atoms with E-state index in [1.807, 2.05) is 0 Å². The zero-order chi connectivity index (χ0) is 23.5. The normalized spacial score (nSPS) is 23.8. The van der Waals surface area contributed by atoms with E-state index in [-0.39, 0.29) is 11.9 Å². The Morgan fingerprint density at radius 3 is 2.91 bits per heavy atom. The largest absolute Gasteiger partial charge is 0.467 e. The SMILES string of the molecule is CCCCc1nc(Cl)nc2c1ncn2[C@@H]1O[C@H](COC(C(=O)OC)c2cscn2)[C@@H](C)[C@@H]1F. The number of nitrogens with zero attached hydrogens (tertiary/aromatic N) is 5. The molecule has 0 aliphatic carbocycles. The van der Waals surface area contributed by atoms with Crippen molar-refractivity contribution in [3.8, 4) is 0 Å². The van der Waals surface area contributed by atoms with Crippen LogP contribution in [0.1, 0.15) is 50.4 Å². The number of unbranched alkanes of at least 4 members (excludes halogenated alkanes) is 1. The minimum Gasteiger partial charge on any atom is -0.467 e. The number of methoxy groups -OCH3 is 1. The number of fused-ring (bicyclic) bond motifs is 1. The number of hydrogen-bond acceptors (Lipinski definition) is 9. The van der Waals surface area contributed by atoms with E-state index in [0.717, 1.165) is 18.5 Å². The van der Waals surface area contributed by atoms with Crippen LogP contribution in [-0.2, 0) is 25.4 Å². The summed E-state index contributed by atoms with van der Waals surface area (Å²) in [4.78, 5) is 29.3. The number of thiazole rings is 1. The molecule has 0 saturated carbocycles. The van der Waals surface area contributed by atoms with Crippen LogP contribution in [-0.4, -0.2) is 56.5 Å². The molecule has 5 atom stereocenters. The lowest BCUT2D eigenvalue weighted by molar-refractivity contribution is -0.158. The Kier molecular flexibility index (Phi) is 7.52. The topological polar surface area (TPSA) is 101 Å². The van der Waals surface area contributed by atoms with Crippen LogP contribution in [0.5, 0.6) is 0 Å². The molecule has 3 aromatic heterocycles. The number of ether oxygens (including phenoxy) is 3. The van der Waals surface area contributed by atoms with Gasteiger partial charge in [0.25, 0.3) is 0 Å². The molecule has 4 rings (SSSR count). The third kappa shape index (κ3) is 4.86. The van der Waals surface area contributed by atoms with Gasteiger partial charge in [-0.15, -0.1) is 11.3 Å². The summed E-state index contributed by atoms with van der Waals surface area (Å²) in [5.41, 5.74) is 3.79. The number of rotatable bonds is 9. The second-order valence-electron chi connectivity index (χ2n) is 7.89. The first-order valence-corrected chi connectivity index (χ1v) is 12.0. The van der Waals surface area contributed by atoms with Crippen molar-refractivity contribution in [1.29, 1.82) is 0 Å². The fraction of sp³-hybridized carbons (Fsp3) is 0.571. The Morgan fingerprint density at radius 2 is 2.21 bits per heavy atom. The summed E-state index contributed by atoms with van der Waals surface area (Å²) in [6.45, 7) is 3.81. The van der Waals surface area contributed by atoms with Gasteiger partial charge >= 0.3 is 5.97 Å². The zero-order valence-corrected chi connectivity index (χ0v) is 20.1. The molecule has 1 aliphatic heterocycles. The van der Waals surface area contributed by atoms with Crippen molar-refractivity contribution in [2.45, 2.75) is 57.7 Å². The van der Waals surface area contributed by atoms with E-state index in [4.69, 9.17) is 25.8 Å². The first kappa shape index (κ1) is 23.9. The summed E-state index contributed by atoms with van der Waals surface area (Å²) in [5.74, 6) is -1.08. The fourth-order valence-electron chi connectivity index (χ4n) is 3.83. The van der Waals surface area contributed by atoms with Gasteiger partial charge in [-0.3, -0.25) is 4.57 Å². The maximum atomic E-state index is 15.3. The van der Waals surface area contributed by atoms with Crippen molar-refractivity contribution in [2.75, 3.05) is 13.7 Å². The molecule has 0 spiro atoms. The van der Waals surface area contributed by atoms with Gasteiger partial charge in [-0.25, -0.2) is 24.1 Å². The molecule has 0 amide bonds. The molecule has 0 bridgehead atoms. The molecule has 1 aliphatic rings. The molecule has 1 fully saturated rings. The minimum absolute atomic E-state index is 0.0144. The van der Waals surface area contributed by atoms with Gasteiger partial charge in [0, 0.05) is 11.3 Å². The van der Waals surface area contributed by atoms with Gasteiger partial charge < -0.3 is 14.2 Å². The molecule has 1 saturated heterocycles. The molecule has 12 heteroatoms. The molecule has 3 aromatic rings. The van der Waals surface area contributed by atoms with Gasteiger partial charge in [0.05, 0.1) is 43.0 Å². The van der Waals surface area contributed by atoms with Crippen LogP contribution in [0.3, 0.4) is 0 Å². The van der Waals surface area contributed by atoms with Crippen LogP contribution >= 0.6 is 22.9 Å². The van der Waals surface area contributed by atoms with Crippen molar-refractivity contribution in [1.82, 2.24) is 24.5 Å². The lowest BCUT2D eigenvalue weighted by atomic mass is 10.0. The number of imidazole rings is 1. The van der Waals surface area contributed by atoms with Crippen molar-refractivity contribution in [2.24, 2.45) is 5.92 Å². The molecule has 0 aromatic carbocycles. The van der Waals surface area contributed by atoms with Crippen molar-refractivity contribution in [3.05, 3.63) is 33.9 Å². The van der Waals surface area contributed by atoms with E-state index in [2.05, 4.69) is 26.9 Å². The molecule has 178 valence electrons. The Balaban J connectivity index is 1.53. The van der Waals surface area contributed by atoms with Crippen LogP contribution < -0.4 is 0 Å². The van der Waals surface area contributed by atoms with E-state index in [0.29, 0.717) is 23.3 Å². The van der Waals surface area contributed by atoms with Gasteiger partial charge in [0.1, 0.15) is 5.52 Å². The Labute approximate surface area is 199 Å². The summed E-state index contributed by atoms with van der Waals surface area (Å²) < 4.78 is 33.5. The predicted molar refractivity (Wildman–Crippen MR) is 120 cm³/mol. The van der Waals surface area contributed by atoms with Gasteiger partial charge in [0.15, 0.2) is 24.2 Å². The smallest absolute Gasteiger partial charge is 0.341 e. The summed E-state index contributed by atoms with van der Waals surface area (Å²) >= 11 is 7.48. The third-order valence-corrected chi connectivity index (χ3v) is 6.52. The number of hydrogen-bond donors (Lipinski definition) is 0. The van der Waals surface area contributed by atoms with E-state index < -0.39 is 36.5 Å². The van der Waals surface area contributed by atoms with Crippen LogP contribution in [0, 0.1) is 5.92 Å². The van der Waals surface area contributed by atoms with E-state index in [1.165, 1.54) is 24.8 Å². The Bertz CT molecular complexity index is 1100. The highest BCUT2D eigenvalue weighted by molar-refractivity contribution is 7.07. The van der Waals surface area contributed by atoms with E-state index in [1.54, 1.807) is 22.4 Å². The van der Waals surface area contributed by atoms with Crippen molar-refractivity contribution < 1.29 is 23.4 Å². The molecule has 1 unspecified atom stereocenters. The monoisotopic (exact) mass is 497 g/mol. The highest BCUT2D eigenvalue weighted by Gasteiger charge is 2.45. The average molecular weight is 498 g/mol. The second kappa shape index (κ2) is 10.4. The van der Waals surface area contributed by atoms with Gasteiger partial charge in [-0.2, -0.15) is 4.98 Å². The lowest BCUT2D eigenvalue weighted by Crippen LogP contribution is -2.27. The maximum Gasteiger partial charge on any atom is 0.341 e. The van der Waals surface area contributed by atoms with Crippen LogP contribution in [0.4, 0.5) is 4.39 Å². The Hall–Kier alpha value is -2.21. The summed E-state index contributed by atoms with van der Waals surface area (Å²) in [6.07, 6.45) is 0.215. The van der Waals surface area contributed by atoms with Crippen molar-refractivity contribution in [3.63, 3.8) is 0 Å². The number of aryl methyl sites for hydroxylation is 1. The maximum absolute atomic E-state index is 15.3. The van der Waals surface area contributed by atoms with Crippen LogP contribution in [0.15, 0.2) is 17.2 Å². The summed E-state index contributed by atoms with van der Waals surface area (Å²) in [6, 6.07) is 0. The van der Waals surface area contributed by atoms with E-state index in [9.17, 15) is 4.79 Å². The lowest BCUT2D eigenvalue weighted by Gasteiger charge is -2.19. The fourth-order valence-corrected chi connectivity index (χ4v) is 4.58. The second-order valence-corrected chi connectivity index (χ2v) is 8.94. The van der Waals surface area contributed by atoms with Gasteiger partial charge in [0.2, 0.25) is 5.28 Å². The summed E-state index contributed by atoms with van der Waals surface area (Å²) in [5, 5.41) is 1.79. The first-order chi connectivity index (χ1) is 15.9. The quantitative estimate of drug-likeness (QED) is 0.322. The van der Waals surface area contributed by atoms with E-state index >= 15 is 4.39 Å². The highest BCUT2D eigenvalue weighted by Crippen LogP contribution is 2.38. The molecule has 0 radical (unpaired) electrons. The number of aromatic nitrogens is 5. The molecule has 9 nitrogen and oxygen atoms in total. The highest BCUT2D eigenvalue weighted by atomic mass is 35.5. The molecule has 0 N–H and O–H groups in total. The first-order valence-electron chi connectivity index (χ1n) is 10.7. The molecule has 4 heterocycles. The standard InChI is InChI=1S/C21H25ClFN5O4S/c1-4-5-6-12-16-18(27-21(22)26-12)28(9-24-16)19-15(23)11(2)14(32-19)7-31-17(20(29)30-3)13-8-33-10-25-13/h8-11,14-15,17,19H,4-7H2,1-3H3/t11-,14-,15+,17?,19-/m1/s1. The average Bonchev–Trinajstić information content (AvgIpc) is 3.54. The number of carbonyl (C=O) groups is 1. The minimum atomic E-state index is -1.35. The van der Waals surface area contributed by atoms with Gasteiger partial charge in [-0.1, -0.05) is 20.3 Å². The number of carbonyl (C=O) groups excluding carboxylic acids is 1. The predicted octanol–water partition coefficient (Wildman–Crippen LogP) is 4.08. The number of alkyl halides is 1. The molecular formula is C21H25ClFN5O4S. The zero-order valence-electron chi connectivity index (χ0n) is 18.5. The van der Waals surface area contributed by atoms with Gasteiger partial charge in [-0.05, 0) is 24.4 Å². The van der Waals surface area contributed by atoms with Crippen LogP contribution in [0.2, 0.25) is 5.28 Å². The molecule has 33 heavy (non-hydrogen) atoms. The van der Waals surface area contributed by atoms with Crippen LogP contribution in [0.25, 0.3) is 11.2 Å². The van der Waals surface area contributed by atoms with Crippen molar-refractivity contribution >= 4 is 40.1 Å². The third-order valence-electron chi connectivity index (χ3n) is 5.75. The number of halogens is 2. The summed E-state index contributed by atoms with van der Waals surface area (Å²) in [7, 11) is 1.28. The number of esters is 1. The Morgan fingerprint density at radius 1 is 1.39 bits per heavy atom. The molecular weight excluding hydrogens is 473 g/mol.